The molecule has 2 aromatic carbocycles. The van der Waals surface area contributed by atoms with Crippen molar-refractivity contribution in [1.82, 2.24) is 0 Å². The minimum atomic E-state index is -0.572. The number of benzene rings is 2. The summed E-state index contributed by atoms with van der Waals surface area (Å²) in [4.78, 5) is 12.2. The zero-order chi connectivity index (χ0) is 16.3. The first-order valence-electron chi connectivity index (χ1n) is 6.65. The molecule has 0 aliphatic rings. The van der Waals surface area contributed by atoms with Crippen LogP contribution in [0.3, 0.4) is 0 Å². The van der Waals surface area contributed by atoms with Gasteiger partial charge in [0.05, 0.1) is 10.7 Å². The molecule has 0 aliphatic heterocycles. The van der Waals surface area contributed by atoms with E-state index < -0.39 is 6.04 Å². The first kappa shape index (κ1) is 16.6. The van der Waals surface area contributed by atoms with Crippen LogP contribution in [0.1, 0.15) is 12.5 Å². The molecule has 1 amide bonds. The van der Waals surface area contributed by atoms with Crippen molar-refractivity contribution >= 4 is 40.5 Å². The average molecular weight is 341 g/mol. The number of aryl methyl sites for hydroxylation is 1. The van der Waals surface area contributed by atoms with Gasteiger partial charge in [0.1, 0.15) is 11.9 Å². The zero-order valence-corrected chi connectivity index (χ0v) is 13.6. The van der Waals surface area contributed by atoms with Crippen LogP contribution in [0.5, 0.6) is 0 Å². The van der Waals surface area contributed by atoms with Crippen LogP contribution in [0.25, 0.3) is 0 Å². The molecule has 0 aromatic heterocycles. The molecule has 0 saturated heterocycles. The molecule has 0 bridgehead atoms. The van der Waals surface area contributed by atoms with Crippen LogP contribution in [-0.2, 0) is 4.79 Å². The highest BCUT2D eigenvalue weighted by Crippen LogP contribution is 2.25. The predicted octanol–water partition coefficient (Wildman–Crippen LogP) is 4.88. The van der Waals surface area contributed by atoms with Gasteiger partial charge in [-0.2, -0.15) is 0 Å². The van der Waals surface area contributed by atoms with Gasteiger partial charge in [-0.05, 0) is 49.7 Å². The maximum atomic E-state index is 13.5. The Hall–Kier alpha value is -1.78. The standard InChI is InChI=1S/C16H15Cl2FN2O/c1-9-3-5-12(8-14(9)19)20-10(2)16(22)21-15-7-11(17)4-6-13(15)18/h3-8,10,20H,1-2H3,(H,21,22)/t10-/m0/s1. The van der Waals surface area contributed by atoms with Crippen LogP contribution in [0.15, 0.2) is 36.4 Å². The van der Waals surface area contributed by atoms with Crippen molar-refractivity contribution in [2.75, 3.05) is 10.6 Å². The Labute approximate surface area is 138 Å². The largest absolute Gasteiger partial charge is 0.374 e. The fraction of sp³-hybridized carbons (Fsp3) is 0.188. The van der Waals surface area contributed by atoms with E-state index in [2.05, 4.69) is 10.6 Å². The molecule has 0 fully saturated rings. The lowest BCUT2D eigenvalue weighted by Crippen LogP contribution is -2.32. The molecule has 22 heavy (non-hydrogen) atoms. The van der Waals surface area contributed by atoms with Gasteiger partial charge in [0.2, 0.25) is 5.91 Å². The van der Waals surface area contributed by atoms with Crippen LogP contribution in [0.2, 0.25) is 10.0 Å². The Balaban J connectivity index is 2.05. The molecule has 0 spiro atoms. The topological polar surface area (TPSA) is 41.1 Å². The second kappa shape index (κ2) is 6.99. The van der Waals surface area contributed by atoms with Gasteiger partial charge in [-0.25, -0.2) is 4.39 Å². The molecule has 0 unspecified atom stereocenters. The van der Waals surface area contributed by atoms with Crippen molar-refractivity contribution in [3.63, 3.8) is 0 Å². The van der Waals surface area contributed by atoms with E-state index in [0.717, 1.165) is 0 Å². The summed E-state index contributed by atoms with van der Waals surface area (Å²) in [6.07, 6.45) is 0. The minimum Gasteiger partial charge on any atom is -0.374 e. The van der Waals surface area contributed by atoms with Crippen LogP contribution >= 0.6 is 23.2 Å². The van der Waals surface area contributed by atoms with Crippen molar-refractivity contribution in [3.8, 4) is 0 Å². The number of carbonyl (C=O) groups excluding carboxylic acids is 1. The third-order valence-corrected chi connectivity index (χ3v) is 3.70. The molecule has 2 aromatic rings. The SMILES string of the molecule is Cc1ccc(N[C@@H](C)C(=O)Nc2cc(Cl)ccc2Cl)cc1F. The van der Waals surface area contributed by atoms with E-state index in [-0.39, 0.29) is 11.7 Å². The molecule has 0 heterocycles. The molecule has 0 radical (unpaired) electrons. The van der Waals surface area contributed by atoms with Crippen molar-refractivity contribution in [1.29, 1.82) is 0 Å². The number of carbonyl (C=O) groups is 1. The first-order chi connectivity index (χ1) is 10.4. The van der Waals surface area contributed by atoms with Crippen molar-refractivity contribution < 1.29 is 9.18 Å². The van der Waals surface area contributed by atoms with E-state index in [9.17, 15) is 9.18 Å². The fourth-order valence-electron chi connectivity index (χ4n) is 1.83. The van der Waals surface area contributed by atoms with Crippen LogP contribution in [0.4, 0.5) is 15.8 Å². The molecule has 2 rings (SSSR count). The summed E-state index contributed by atoms with van der Waals surface area (Å²) in [6.45, 7) is 3.35. The number of amides is 1. The molecular weight excluding hydrogens is 326 g/mol. The minimum absolute atomic E-state index is 0.301. The molecule has 6 heteroatoms. The average Bonchev–Trinajstić information content (AvgIpc) is 2.46. The predicted molar refractivity (Wildman–Crippen MR) is 89.3 cm³/mol. The Morgan fingerprint density at radius 1 is 1.18 bits per heavy atom. The molecule has 0 saturated carbocycles. The van der Waals surface area contributed by atoms with Crippen molar-refractivity contribution in [2.24, 2.45) is 0 Å². The van der Waals surface area contributed by atoms with Gasteiger partial charge in [0.25, 0.3) is 0 Å². The lowest BCUT2D eigenvalue weighted by molar-refractivity contribution is -0.116. The van der Waals surface area contributed by atoms with Gasteiger partial charge < -0.3 is 10.6 Å². The zero-order valence-electron chi connectivity index (χ0n) is 12.1. The van der Waals surface area contributed by atoms with Crippen LogP contribution in [-0.4, -0.2) is 11.9 Å². The highest BCUT2D eigenvalue weighted by atomic mass is 35.5. The first-order valence-corrected chi connectivity index (χ1v) is 7.41. The summed E-state index contributed by atoms with van der Waals surface area (Å²) >= 11 is 11.9. The highest BCUT2D eigenvalue weighted by molar-refractivity contribution is 6.35. The van der Waals surface area contributed by atoms with E-state index >= 15 is 0 Å². The molecule has 2 N–H and O–H groups in total. The Kier molecular flexibility index (Phi) is 5.27. The van der Waals surface area contributed by atoms with Crippen LogP contribution in [0, 0.1) is 12.7 Å². The summed E-state index contributed by atoms with van der Waals surface area (Å²) in [5.74, 6) is -0.624. The van der Waals surface area contributed by atoms with E-state index in [1.165, 1.54) is 6.07 Å². The van der Waals surface area contributed by atoms with Crippen molar-refractivity contribution in [2.45, 2.75) is 19.9 Å². The smallest absolute Gasteiger partial charge is 0.246 e. The number of anilines is 2. The van der Waals surface area contributed by atoms with Gasteiger partial charge in [-0.15, -0.1) is 0 Å². The van der Waals surface area contributed by atoms with E-state index in [4.69, 9.17) is 23.2 Å². The Morgan fingerprint density at radius 2 is 1.91 bits per heavy atom. The van der Waals surface area contributed by atoms with Crippen LogP contribution < -0.4 is 10.6 Å². The molecular formula is C16H15Cl2FN2O. The maximum Gasteiger partial charge on any atom is 0.246 e. The monoisotopic (exact) mass is 340 g/mol. The lowest BCUT2D eigenvalue weighted by Gasteiger charge is -2.16. The fourth-order valence-corrected chi connectivity index (χ4v) is 2.17. The quantitative estimate of drug-likeness (QED) is 0.832. The summed E-state index contributed by atoms with van der Waals surface area (Å²) in [5, 5.41) is 6.49. The van der Waals surface area contributed by atoms with Gasteiger partial charge in [-0.3, -0.25) is 4.79 Å². The van der Waals surface area contributed by atoms with Gasteiger partial charge >= 0.3 is 0 Å². The second-order valence-corrected chi connectivity index (χ2v) is 5.79. The van der Waals surface area contributed by atoms with Gasteiger partial charge in [-0.1, -0.05) is 29.3 Å². The van der Waals surface area contributed by atoms with Gasteiger partial charge in [0.15, 0.2) is 0 Å². The third-order valence-electron chi connectivity index (χ3n) is 3.13. The highest BCUT2D eigenvalue weighted by Gasteiger charge is 2.15. The molecule has 0 aliphatic carbocycles. The second-order valence-electron chi connectivity index (χ2n) is 4.94. The molecule has 1 atom stereocenters. The molecule has 3 nitrogen and oxygen atoms in total. The molecule has 116 valence electrons. The van der Waals surface area contributed by atoms with E-state index in [1.54, 1.807) is 44.2 Å². The van der Waals surface area contributed by atoms with Gasteiger partial charge in [0, 0.05) is 10.7 Å². The van der Waals surface area contributed by atoms with Crippen molar-refractivity contribution in [3.05, 3.63) is 57.8 Å². The number of nitrogens with one attached hydrogen (secondary N) is 2. The van der Waals surface area contributed by atoms with E-state index in [0.29, 0.717) is 27.0 Å². The number of hydrogen-bond donors (Lipinski definition) is 2. The maximum absolute atomic E-state index is 13.5. The van der Waals surface area contributed by atoms with E-state index in [1.807, 2.05) is 0 Å². The summed E-state index contributed by atoms with van der Waals surface area (Å²) in [7, 11) is 0. The Bertz CT molecular complexity index is 707. The summed E-state index contributed by atoms with van der Waals surface area (Å²) in [5.41, 5.74) is 1.51. The normalized spacial score (nSPS) is 11.9. The number of rotatable bonds is 4. The lowest BCUT2D eigenvalue weighted by atomic mass is 10.2. The summed E-state index contributed by atoms with van der Waals surface area (Å²) in [6, 6.07) is 8.96. The Morgan fingerprint density at radius 3 is 2.59 bits per heavy atom. The third kappa shape index (κ3) is 4.12. The number of hydrogen-bond acceptors (Lipinski definition) is 2. The summed E-state index contributed by atoms with van der Waals surface area (Å²) < 4.78 is 13.5. The number of halogens is 3.